The van der Waals surface area contributed by atoms with Crippen LogP contribution in [0.4, 0.5) is 11.4 Å². The van der Waals surface area contributed by atoms with Gasteiger partial charge in [-0.25, -0.2) is 14.6 Å². The second-order valence-corrected chi connectivity index (χ2v) is 5.83. The average Bonchev–Trinajstić information content (AvgIpc) is 3.21. The van der Waals surface area contributed by atoms with Crippen molar-refractivity contribution in [2.45, 2.75) is 20.3 Å². The van der Waals surface area contributed by atoms with Gasteiger partial charge in [0, 0.05) is 24.3 Å². The number of nitrogens with one attached hydrogen (secondary N) is 1. The predicted molar refractivity (Wildman–Crippen MR) is 102 cm³/mol. The highest BCUT2D eigenvalue weighted by molar-refractivity contribution is 6.04. The Morgan fingerprint density at radius 2 is 1.96 bits per heavy atom. The number of carbonyl (C=O) groups is 1. The second kappa shape index (κ2) is 8.24. The molecule has 2 heterocycles. The van der Waals surface area contributed by atoms with Crippen LogP contribution >= 0.6 is 0 Å². The first-order valence-electron chi connectivity index (χ1n) is 8.68. The molecule has 0 aliphatic rings. The highest BCUT2D eigenvalue weighted by atomic mass is 16.1. The fraction of sp³-hybridized carbons (Fsp3) is 0.263. The Morgan fingerprint density at radius 3 is 2.54 bits per heavy atom. The summed E-state index contributed by atoms with van der Waals surface area (Å²) in [5.74, 6) is 0.478. The van der Waals surface area contributed by atoms with Crippen molar-refractivity contribution in [2.24, 2.45) is 0 Å². The molecule has 2 aromatic heterocycles. The zero-order valence-corrected chi connectivity index (χ0v) is 15.0. The number of hydrogen-bond acceptors (Lipinski definition) is 5. The molecule has 0 aliphatic carbocycles. The molecule has 0 bridgehead atoms. The van der Waals surface area contributed by atoms with Gasteiger partial charge in [0.2, 0.25) is 0 Å². The maximum atomic E-state index is 12.4. The standard InChI is InChI=1S/C19H22N6O/c1-3-11-24(4-2)17-8-5-15(6-9-17)19(26)23-16-7-10-18(21-12-16)25-14-20-13-22-25/h5-10,12-14H,3-4,11H2,1-2H3,(H,23,26). The predicted octanol–water partition coefficient (Wildman–Crippen LogP) is 3.15. The molecular formula is C19H22N6O. The third-order valence-corrected chi connectivity index (χ3v) is 4.03. The quantitative estimate of drug-likeness (QED) is 0.708. The van der Waals surface area contributed by atoms with Gasteiger partial charge < -0.3 is 10.2 Å². The maximum absolute atomic E-state index is 12.4. The van der Waals surface area contributed by atoms with E-state index in [1.807, 2.05) is 24.3 Å². The first-order chi connectivity index (χ1) is 12.7. The van der Waals surface area contributed by atoms with E-state index in [4.69, 9.17) is 0 Å². The largest absolute Gasteiger partial charge is 0.372 e. The van der Waals surface area contributed by atoms with Gasteiger partial charge in [0.1, 0.15) is 12.7 Å². The topological polar surface area (TPSA) is 75.9 Å². The maximum Gasteiger partial charge on any atom is 0.255 e. The number of anilines is 2. The van der Waals surface area contributed by atoms with E-state index in [1.54, 1.807) is 29.3 Å². The van der Waals surface area contributed by atoms with E-state index >= 15 is 0 Å². The molecular weight excluding hydrogens is 328 g/mol. The van der Waals surface area contributed by atoms with E-state index in [1.165, 1.54) is 6.33 Å². The highest BCUT2D eigenvalue weighted by Crippen LogP contribution is 2.17. The number of pyridine rings is 1. The summed E-state index contributed by atoms with van der Waals surface area (Å²) in [5, 5.41) is 6.88. The van der Waals surface area contributed by atoms with E-state index in [0.717, 1.165) is 25.2 Å². The van der Waals surface area contributed by atoms with Crippen LogP contribution in [0.1, 0.15) is 30.6 Å². The number of hydrogen-bond donors (Lipinski definition) is 1. The molecule has 26 heavy (non-hydrogen) atoms. The SMILES string of the molecule is CCCN(CC)c1ccc(C(=O)Nc2ccc(-n3cncn3)nc2)cc1. The molecule has 0 aliphatic heterocycles. The smallest absolute Gasteiger partial charge is 0.255 e. The lowest BCUT2D eigenvalue weighted by atomic mass is 10.1. The van der Waals surface area contributed by atoms with Crippen molar-refractivity contribution in [3.05, 3.63) is 60.8 Å². The third kappa shape index (κ3) is 4.05. The summed E-state index contributed by atoms with van der Waals surface area (Å²) in [4.78, 5) is 22.9. The number of carbonyl (C=O) groups excluding carboxylic acids is 1. The summed E-state index contributed by atoms with van der Waals surface area (Å²) in [6, 6.07) is 11.2. The van der Waals surface area contributed by atoms with E-state index in [-0.39, 0.29) is 5.91 Å². The number of amides is 1. The van der Waals surface area contributed by atoms with Gasteiger partial charge in [-0.2, -0.15) is 5.10 Å². The fourth-order valence-corrected chi connectivity index (χ4v) is 2.69. The van der Waals surface area contributed by atoms with E-state index in [2.05, 4.69) is 39.1 Å². The minimum Gasteiger partial charge on any atom is -0.372 e. The van der Waals surface area contributed by atoms with E-state index < -0.39 is 0 Å². The molecule has 0 radical (unpaired) electrons. The van der Waals surface area contributed by atoms with Crippen molar-refractivity contribution < 1.29 is 4.79 Å². The molecule has 0 saturated heterocycles. The van der Waals surface area contributed by atoms with Crippen molar-refractivity contribution in [2.75, 3.05) is 23.3 Å². The molecule has 7 heteroatoms. The summed E-state index contributed by atoms with van der Waals surface area (Å²) in [6.07, 6.45) is 5.71. The van der Waals surface area contributed by atoms with Crippen molar-refractivity contribution >= 4 is 17.3 Å². The molecule has 0 unspecified atom stereocenters. The number of benzene rings is 1. The normalized spacial score (nSPS) is 10.5. The lowest BCUT2D eigenvalue weighted by Gasteiger charge is -2.22. The lowest BCUT2D eigenvalue weighted by molar-refractivity contribution is 0.102. The zero-order chi connectivity index (χ0) is 18.4. The van der Waals surface area contributed by atoms with Gasteiger partial charge in [0.25, 0.3) is 5.91 Å². The molecule has 7 nitrogen and oxygen atoms in total. The van der Waals surface area contributed by atoms with Crippen LogP contribution in [0.15, 0.2) is 55.2 Å². The van der Waals surface area contributed by atoms with E-state index in [0.29, 0.717) is 17.1 Å². The van der Waals surface area contributed by atoms with Gasteiger partial charge in [0.05, 0.1) is 11.9 Å². The molecule has 1 N–H and O–H groups in total. The third-order valence-electron chi connectivity index (χ3n) is 4.03. The first-order valence-corrected chi connectivity index (χ1v) is 8.68. The number of aromatic nitrogens is 4. The van der Waals surface area contributed by atoms with Gasteiger partial charge in [0.15, 0.2) is 5.82 Å². The summed E-state index contributed by atoms with van der Waals surface area (Å²) >= 11 is 0. The van der Waals surface area contributed by atoms with Crippen LogP contribution in [-0.2, 0) is 0 Å². The Balaban J connectivity index is 1.66. The Hall–Kier alpha value is -3.22. The Labute approximate surface area is 152 Å². The van der Waals surface area contributed by atoms with Crippen molar-refractivity contribution in [3.63, 3.8) is 0 Å². The molecule has 0 fully saturated rings. The molecule has 3 aromatic rings. The van der Waals surface area contributed by atoms with E-state index in [9.17, 15) is 4.79 Å². The molecule has 0 atom stereocenters. The van der Waals surface area contributed by atoms with Gasteiger partial charge in [-0.1, -0.05) is 6.92 Å². The summed E-state index contributed by atoms with van der Waals surface area (Å²) < 4.78 is 1.56. The van der Waals surface area contributed by atoms with Gasteiger partial charge in [-0.15, -0.1) is 0 Å². The monoisotopic (exact) mass is 350 g/mol. The first kappa shape index (κ1) is 17.6. The minimum atomic E-state index is -0.162. The Bertz CT molecular complexity index is 827. The highest BCUT2D eigenvalue weighted by Gasteiger charge is 2.09. The van der Waals surface area contributed by atoms with Crippen LogP contribution in [-0.4, -0.2) is 38.7 Å². The fourth-order valence-electron chi connectivity index (χ4n) is 2.69. The number of rotatable bonds is 7. The van der Waals surface area contributed by atoms with Crippen LogP contribution in [0.3, 0.4) is 0 Å². The van der Waals surface area contributed by atoms with Gasteiger partial charge in [-0.3, -0.25) is 4.79 Å². The van der Waals surface area contributed by atoms with Crippen molar-refractivity contribution in [1.29, 1.82) is 0 Å². The molecule has 0 saturated carbocycles. The van der Waals surface area contributed by atoms with Gasteiger partial charge >= 0.3 is 0 Å². The average molecular weight is 350 g/mol. The summed E-state index contributed by atoms with van der Waals surface area (Å²) in [7, 11) is 0. The molecule has 0 spiro atoms. The molecule has 134 valence electrons. The zero-order valence-electron chi connectivity index (χ0n) is 15.0. The number of nitrogens with zero attached hydrogens (tertiary/aromatic N) is 5. The Morgan fingerprint density at radius 1 is 1.15 bits per heavy atom. The summed E-state index contributed by atoms with van der Waals surface area (Å²) in [5.41, 5.74) is 2.37. The molecule has 3 rings (SSSR count). The molecule has 1 amide bonds. The Kier molecular flexibility index (Phi) is 5.58. The molecule has 1 aromatic carbocycles. The van der Waals surface area contributed by atoms with Gasteiger partial charge in [-0.05, 0) is 49.7 Å². The van der Waals surface area contributed by atoms with Crippen LogP contribution in [0.5, 0.6) is 0 Å². The van der Waals surface area contributed by atoms with Crippen molar-refractivity contribution in [3.8, 4) is 5.82 Å². The second-order valence-electron chi connectivity index (χ2n) is 5.83. The van der Waals surface area contributed by atoms with Crippen molar-refractivity contribution in [1.82, 2.24) is 19.7 Å². The van der Waals surface area contributed by atoms with Crippen LogP contribution in [0.25, 0.3) is 5.82 Å². The van der Waals surface area contributed by atoms with Crippen LogP contribution in [0, 0.1) is 0 Å². The lowest BCUT2D eigenvalue weighted by Crippen LogP contribution is -2.23. The van der Waals surface area contributed by atoms with Crippen LogP contribution < -0.4 is 10.2 Å². The minimum absolute atomic E-state index is 0.162. The summed E-state index contributed by atoms with van der Waals surface area (Å²) in [6.45, 7) is 6.24. The van der Waals surface area contributed by atoms with Crippen LogP contribution in [0.2, 0.25) is 0 Å².